The van der Waals surface area contributed by atoms with Crippen LogP contribution in [0.3, 0.4) is 0 Å². The molecular weight excluding hydrogens is 321 g/mol. The van der Waals surface area contributed by atoms with E-state index in [-0.39, 0.29) is 0 Å². The van der Waals surface area contributed by atoms with Crippen LogP contribution in [0.4, 0.5) is 0 Å². The van der Waals surface area contributed by atoms with Gasteiger partial charge in [-0.2, -0.15) is 0 Å². The molecule has 0 aromatic heterocycles. The highest BCUT2D eigenvalue weighted by molar-refractivity contribution is 6.42. The number of benzene rings is 2. The van der Waals surface area contributed by atoms with E-state index in [0.717, 1.165) is 5.56 Å². The van der Waals surface area contributed by atoms with Gasteiger partial charge in [0.2, 0.25) is 0 Å². The Hall–Kier alpha value is -1.42. The molecule has 0 heterocycles. The second-order valence-electron chi connectivity index (χ2n) is 3.97. The van der Waals surface area contributed by atoms with Crippen molar-refractivity contribution >= 4 is 41.0 Å². The van der Waals surface area contributed by atoms with Crippen molar-refractivity contribution in [2.45, 2.75) is 6.61 Å². The van der Waals surface area contributed by atoms with Gasteiger partial charge in [0.25, 0.3) is 0 Å². The van der Waals surface area contributed by atoms with Crippen LogP contribution in [0, 0.1) is 0 Å². The van der Waals surface area contributed by atoms with E-state index in [4.69, 9.17) is 44.7 Å². The van der Waals surface area contributed by atoms with Crippen LogP contribution in [-0.4, -0.2) is 11.4 Å². The topological polar surface area (TPSA) is 41.8 Å². The van der Waals surface area contributed by atoms with E-state index >= 15 is 0 Å². The Labute approximate surface area is 131 Å². The van der Waals surface area contributed by atoms with Gasteiger partial charge < -0.3 is 9.94 Å². The van der Waals surface area contributed by atoms with Gasteiger partial charge in [-0.05, 0) is 41.5 Å². The fraction of sp³-hybridized carbons (Fsp3) is 0.0714. The van der Waals surface area contributed by atoms with Crippen LogP contribution in [0.1, 0.15) is 11.1 Å². The van der Waals surface area contributed by atoms with Crippen LogP contribution in [-0.2, 0) is 6.61 Å². The van der Waals surface area contributed by atoms with Crippen molar-refractivity contribution < 1.29 is 9.94 Å². The molecule has 0 aliphatic heterocycles. The van der Waals surface area contributed by atoms with E-state index in [9.17, 15) is 0 Å². The van der Waals surface area contributed by atoms with Crippen molar-refractivity contribution in [3.63, 3.8) is 0 Å². The second kappa shape index (κ2) is 6.84. The molecule has 0 bridgehead atoms. The molecule has 1 N–H and O–H groups in total. The van der Waals surface area contributed by atoms with Gasteiger partial charge in [-0.15, -0.1) is 0 Å². The van der Waals surface area contributed by atoms with Crippen molar-refractivity contribution in [1.29, 1.82) is 0 Å². The third-order valence-corrected chi connectivity index (χ3v) is 3.58. The molecule has 2 aromatic carbocycles. The lowest BCUT2D eigenvalue weighted by Crippen LogP contribution is -1.96. The molecule has 3 nitrogen and oxygen atoms in total. The summed E-state index contributed by atoms with van der Waals surface area (Å²) in [5, 5.41) is 12.8. The Morgan fingerprint density at radius 1 is 1.00 bits per heavy atom. The molecule has 0 aliphatic carbocycles. The van der Waals surface area contributed by atoms with Gasteiger partial charge in [-0.25, -0.2) is 0 Å². The maximum atomic E-state index is 8.45. The molecule has 6 heteroatoms. The molecular formula is C14H10Cl3NO2. The highest BCUT2D eigenvalue weighted by Crippen LogP contribution is 2.27. The first kappa shape index (κ1) is 15.0. The predicted octanol–water partition coefficient (Wildman–Crippen LogP) is 5.03. The number of hydrogen-bond acceptors (Lipinski definition) is 3. The molecule has 0 aliphatic rings. The third-order valence-electron chi connectivity index (χ3n) is 2.54. The molecule has 2 aromatic rings. The van der Waals surface area contributed by atoms with Crippen LogP contribution >= 0.6 is 34.8 Å². The Morgan fingerprint density at radius 3 is 2.45 bits per heavy atom. The van der Waals surface area contributed by atoms with Crippen LogP contribution in [0.2, 0.25) is 15.1 Å². The van der Waals surface area contributed by atoms with Gasteiger partial charge in [0.05, 0.1) is 21.3 Å². The molecule has 0 radical (unpaired) electrons. The summed E-state index contributed by atoms with van der Waals surface area (Å²) >= 11 is 17.8. The van der Waals surface area contributed by atoms with Gasteiger partial charge in [0.1, 0.15) is 12.4 Å². The van der Waals surface area contributed by atoms with E-state index in [1.807, 2.05) is 6.07 Å². The third kappa shape index (κ3) is 3.79. The van der Waals surface area contributed by atoms with Crippen LogP contribution in [0.25, 0.3) is 0 Å². The zero-order valence-corrected chi connectivity index (χ0v) is 12.5. The summed E-state index contributed by atoms with van der Waals surface area (Å²) in [6.45, 7) is 0.323. The number of rotatable bonds is 4. The molecule has 2 rings (SSSR count). The Morgan fingerprint density at radius 2 is 1.80 bits per heavy atom. The minimum Gasteiger partial charge on any atom is -0.487 e. The lowest BCUT2D eigenvalue weighted by molar-refractivity contribution is 0.306. The molecule has 0 atom stereocenters. The van der Waals surface area contributed by atoms with Crippen molar-refractivity contribution in [1.82, 2.24) is 0 Å². The first-order valence-electron chi connectivity index (χ1n) is 5.64. The number of oxime groups is 1. The van der Waals surface area contributed by atoms with Gasteiger partial charge in [0, 0.05) is 0 Å². The van der Waals surface area contributed by atoms with E-state index in [1.54, 1.807) is 30.3 Å². The molecule has 104 valence electrons. The molecule has 0 spiro atoms. The average Bonchev–Trinajstić information content (AvgIpc) is 2.42. The first-order valence-corrected chi connectivity index (χ1v) is 6.77. The maximum Gasteiger partial charge on any atom is 0.138 e. The van der Waals surface area contributed by atoms with Crippen LogP contribution < -0.4 is 4.74 Å². The van der Waals surface area contributed by atoms with E-state index in [0.29, 0.717) is 33.0 Å². The summed E-state index contributed by atoms with van der Waals surface area (Å²) < 4.78 is 5.61. The molecule has 0 saturated heterocycles. The van der Waals surface area contributed by atoms with Crippen molar-refractivity contribution in [3.8, 4) is 5.75 Å². The monoisotopic (exact) mass is 329 g/mol. The Bertz CT molecular complexity index is 644. The minimum atomic E-state index is 0.323. The minimum absolute atomic E-state index is 0.323. The average molecular weight is 331 g/mol. The summed E-state index contributed by atoms with van der Waals surface area (Å²) in [7, 11) is 0. The number of ether oxygens (including phenoxy) is 1. The summed E-state index contributed by atoms with van der Waals surface area (Å²) in [5.74, 6) is 0.535. The van der Waals surface area contributed by atoms with E-state index in [1.165, 1.54) is 6.21 Å². The largest absolute Gasteiger partial charge is 0.487 e. The smallest absolute Gasteiger partial charge is 0.138 e. The SMILES string of the molecule is O/N=C\c1ccc(OCc2ccc(Cl)c(Cl)c2)c(Cl)c1. The Kier molecular flexibility index (Phi) is 5.12. The summed E-state index contributed by atoms with van der Waals surface area (Å²) in [4.78, 5) is 0. The van der Waals surface area contributed by atoms with Crippen molar-refractivity contribution in [2.24, 2.45) is 5.16 Å². The standard InChI is InChI=1S/C14H10Cl3NO2/c15-11-3-1-10(6-12(11)16)8-20-14-4-2-9(7-18-19)5-13(14)17/h1-7,19H,8H2/b18-7-. The highest BCUT2D eigenvalue weighted by atomic mass is 35.5. The molecule has 0 amide bonds. The van der Waals surface area contributed by atoms with Crippen LogP contribution in [0.5, 0.6) is 5.75 Å². The molecule has 0 saturated carbocycles. The number of nitrogens with zero attached hydrogens (tertiary/aromatic N) is 1. The quantitative estimate of drug-likeness (QED) is 0.485. The summed E-state index contributed by atoms with van der Waals surface area (Å²) in [5.41, 5.74) is 1.57. The molecule has 0 fully saturated rings. The first-order chi connectivity index (χ1) is 9.60. The lowest BCUT2D eigenvalue weighted by Gasteiger charge is -2.09. The molecule has 20 heavy (non-hydrogen) atoms. The number of hydrogen-bond donors (Lipinski definition) is 1. The van der Waals surface area contributed by atoms with Crippen molar-refractivity contribution in [2.75, 3.05) is 0 Å². The Balaban J connectivity index is 2.08. The van der Waals surface area contributed by atoms with E-state index < -0.39 is 0 Å². The van der Waals surface area contributed by atoms with Gasteiger partial charge in [-0.1, -0.05) is 46.0 Å². The maximum absolute atomic E-state index is 8.45. The predicted molar refractivity (Wildman–Crippen MR) is 81.6 cm³/mol. The van der Waals surface area contributed by atoms with Gasteiger partial charge in [-0.3, -0.25) is 0 Å². The second-order valence-corrected chi connectivity index (χ2v) is 5.19. The molecule has 0 unspecified atom stereocenters. The normalized spacial score (nSPS) is 10.9. The van der Waals surface area contributed by atoms with E-state index in [2.05, 4.69) is 5.16 Å². The van der Waals surface area contributed by atoms with Gasteiger partial charge in [0.15, 0.2) is 0 Å². The zero-order chi connectivity index (χ0) is 14.5. The zero-order valence-electron chi connectivity index (χ0n) is 10.2. The summed E-state index contributed by atoms with van der Waals surface area (Å²) in [6.07, 6.45) is 1.29. The number of halogens is 3. The highest BCUT2D eigenvalue weighted by Gasteiger charge is 2.04. The fourth-order valence-corrected chi connectivity index (χ4v) is 2.14. The lowest BCUT2D eigenvalue weighted by atomic mass is 10.2. The van der Waals surface area contributed by atoms with Gasteiger partial charge >= 0.3 is 0 Å². The van der Waals surface area contributed by atoms with Crippen LogP contribution in [0.15, 0.2) is 41.6 Å². The van der Waals surface area contributed by atoms with Crippen molar-refractivity contribution in [3.05, 3.63) is 62.6 Å². The summed E-state index contributed by atoms with van der Waals surface area (Å²) in [6, 6.07) is 10.4. The fourth-order valence-electron chi connectivity index (χ4n) is 1.57.